The predicted octanol–water partition coefficient (Wildman–Crippen LogP) is 0.723. The van der Waals surface area contributed by atoms with Crippen molar-refractivity contribution >= 4 is 12.0 Å². The molecule has 19 heavy (non-hydrogen) atoms. The average molecular weight is 266 g/mol. The van der Waals surface area contributed by atoms with Gasteiger partial charge in [-0.1, -0.05) is 6.92 Å². The largest absolute Gasteiger partial charge is 0.480 e. The summed E-state index contributed by atoms with van der Waals surface area (Å²) in [4.78, 5) is 24.6. The molecule has 2 unspecified atom stereocenters. The fraction of sp³-hybridized carbons (Fsp3) is 0.583. The summed E-state index contributed by atoms with van der Waals surface area (Å²) in [6, 6.07) is -1.07. The Bertz CT molecular complexity index is 485. The van der Waals surface area contributed by atoms with Gasteiger partial charge in [0.2, 0.25) is 0 Å². The molecule has 2 atom stereocenters. The van der Waals surface area contributed by atoms with Crippen LogP contribution in [-0.4, -0.2) is 44.8 Å². The van der Waals surface area contributed by atoms with Crippen LogP contribution in [0.5, 0.6) is 0 Å². The lowest BCUT2D eigenvalue weighted by atomic mass is 10.0. The molecule has 3 N–H and O–H groups in total. The number of aryl methyl sites for hydroxylation is 1. The summed E-state index contributed by atoms with van der Waals surface area (Å²) in [6.07, 6.45) is 2.37. The van der Waals surface area contributed by atoms with Crippen LogP contribution in [0.2, 0.25) is 0 Å². The van der Waals surface area contributed by atoms with Crippen molar-refractivity contribution in [2.75, 3.05) is 6.54 Å². The summed E-state index contributed by atoms with van der Waals surface area (Å²) in [6.45, 7) is 4.55. The number of aromatic nitrogens is 2. The number of carboxylic acids is 1. The Kier molecular flexibility index (Phi) is 3.73. The molecule has 1 aliphatic rings. The molecule has 2 rings (SSSR count). The molecule has 0 bridgehead atoms. The number of carbonyl (C=O) groups is 2. The van der Waals surface area contributed by atoms with Crippen molar-refractivity contribution in [3.63, 3.8) is 0 Å². The number of nitrogens with zero attached hydrogens (tertiary/aromatic N) is 2. The molecular weight excluding hydrogens is 248 g/mol. The van der Waals surface area contributed by atoms with Crippen molar-refractivity contribution in [1.29, 1.82) is 0 Å². The van der Waals surface area contributed by atoms with E-state index in [1.165, 1.54) is 4.90 Å². The molecule has 2 amide bonds. The van der Waals surface area contributed by atoms with Crippen LogP contribution >= 0.6 is 0 Å². The van der Waals surface area contributed by atoms with E-state index in [9.17, 15) is 9.59 Å². The molecule has 1 aromatic rings. The quantitative estimate of drug-likeness (QED) is 0.750. The van der Waals surface area contributed by atoms with Crippen LogP contribution in [0.15, 0.2) is 6.20 Å². The van der Waals surface area contributed by atoms with Gasteiger partial charge in [-0.05, 0) is 19.3 Å². The fourth-order valence-corrected chi connectivity index (χ4v) is 2.38. The highest BCUT2D eigenvalue weighted by molar-refractivity contribution is 5.83. The number of hydrogen-bond donors (Lipinski definition) is 3. The van der Waals surface area contributed by atoms with Crippen LogP contribution in [0.4, 0.5) is 4.79 Å². The van der Waals surface area contributed by atoms with Gasteiger partial charge in [0.25, 0.3) is 0 Å². The minimum Gasteiger partial charge on any atom is -0.480 e. The second-order valence-corrected chi connectivity index (χ2v) is 4.92. The molecule has 1 saturated heterocycles. The molecule has 1 aliphatic heterocycles. The maximum absolute atomic E-state index is 12.0. The summed E-state index contributed by atoms with van der Waals surface area (Å²) < 4.78 is 0. The standard InChI is InChI=1S/C12H18N4O3/c1-7-3-4-16(10(7)11(17)18)12(19)13-5-9-6-14-15-8(9)2/h6-7,10H,3-5H2,1-2H3,(H,13,19)(H,14,15)(H,17,18). The number of nitrogens with one attached hydrogen (secondary N) is 2. The van der Waals surface area contributed by atoms with E-state index >= 15 is 0 Å². The number of likely N-dealkylation sites (tertiary alicyclic amines) is 1. The summed E-state index contributed by atoms with van der Waals surface area (Å²) in [5, 5.41) is 18.6. The number of hydrogen-bond acceptors (Lipinski definition) is 3. The van der Waals surface area contributed by atoms with Gasteiger partial charge in [-0.25, -0.2) is 9.59 Å². The minimum absolute atomic E-state index is 0.0149. The van der Waals surface area contributed by atoms with Crippen LogP contribution in [0.25, 0.3) is 0 Å². The van der Waals surface area contributed by atoms with Gasteiger partial charge < -0.3 is 15.3 Å². The fourth-order valence-electron chi connectivity index (χ4n) is 2.38. The predicted molar refractivity (Wildman–Crippen MR) is 67.5 cm³/mol. The third kappa shape index (κ3) is 2.69. The molecule has 1 aromatic heterocycles. The highest BCUT2D eigenvalue weighted by atomic mass is 16.4. The third-order valence-electron chi connectivity index (χ3n) is 3.58. The number of aliphatic carboxylic acids is 1. The Morgan fingerprint density at radius 1 is 1.63 bits per heavy atom. The number of urea groups is 1. The highest BCUT2D eigenvalue weighted by Gasteiger charge is 2.39. The van der Waals surface area contributed by atoms with E-state index in [2.05, 4.69) is 15.5 Å². The van der Waals surface area contributed by atoms with Crippen molar-refractivity contribution in [3.8, 4) is 0 Å². The van der Waals surface area contributed by atoms with Crippen LogP contribution in [0.1, 0.15) is 24.6 Å². The number of rotatable bonds is 3. The maximum atomic E-state index is 12.0. The SMILES string of the molecule is Cc1[nH]ncc1CNC(=O)N1CCC(C)C1C(=O)O. The molecule has 0 saturated carbocycles. The van der Waals surface area contributed by atoms with Gasteiger partial charge in [0.05, 0.1) is 6.20 Å². The topological polar surface area (TPSA) is 98.3 Å². The van der Waals surface area contributed by atoms with Crippen molar-refractivity contribution in [2.45, 2.75) is 32.9 Å². The number of H-pyrrole nitrogens is 1. The Labute approximate surface area is 111 Å². The summed E-state index contributed by atoms with van der Waals surface area (Å²) in [7, 11) is 0. The smallest absolute Gasteiger partial charge is 0.326 e. The second-order valence-electron chi connectivity index (χ2n) is 4.92. The molecule has 104 valence electrons. The molecule has 2 heterocycles. The van der Waals surface area contributed by atoms with E-state index < -0.39 is 12.0 Å². The molecule has 0 aromatic carbocycles. The van der Waals surface area contributed by atoms with Crippen LogP contribution < -0.4 is 5.32 Å². The Morgan fingerprint density at radius 3 is 2.95 bits per heavy atom. The number of carboxylic acid groups (broad SMARTS) is 1. The first-order valence-corrected chi connectivity index (χ1v) is 6.27. The lowest BCUT2D eigenvalue weighted by Crippen LogP contribution is -2.47. The van der Waals surface area contributed by atoms with E-state index in [0.717, 1.165) is 17.7 Å². The van der Waals surface area contributed by atoms with Gasteiger partial charge in [-0.15, -0.1) is 0 Å². The number of amides is 2. The van der Waals surface area contributed by atoms with E-state index in [1.54, 1.807) is 6.20 Å². The number of aromatic amines is 1. The Hall–Kier alpha value is -2.05. The Morgan fingerprint density at radius 2 is 2.37 bits per heavy atom. The average Bonchev–Trinajstić information content (AvgIpc) is 2.92. The molecular formula is C12H18N4O3. The van der Waals surface area contributed by atoms with Crippen molar-refractivity contribution in [2.24, 2.45) is 5.92 Å². The van der Waals surface area contributed by atoms with Crippen LogP contribution in [0.3, 0.4) is 0 Å². The lowest BCUT2D eigenvalue weighted by molar-refractivity contribution is -0.142. The molecule has 0 aliphatic carbocycles. The summed E-state index contributed by atoms with van der Waals surface area (Å²) in [5.41, 5.74) is 1.79. The van der Waals surface area contributed by atoms with Gasteiger partial charge in [0.1, 0.15) is 6.04 Å². The highest BCUT2D eigenvalue weighted by Crippen LogP contribution is 2.24. The molecule has 0 radical (unpaired) electrons. The zero-order valence-corrected chi connectivity index (χ0v) is 11.0. The normalized spacial score (nSPS) is 22.5. The first kappa shape index (κ1) is 13.4. The zero-order valence-electron chi connectivity index (χ0n) is 11.0. The summed E-state index contributed by atoms with van der Waals surface area (Å²) >= 11 is 0. The van der Waals surface area contributed by atoms with Gasteiger partial charge in [-0.2, -0.15) is 5.10 Å². The monoisotopic (exact) mass is 266 g/mol. The maximum Gasteiger partial charge on any atom is 0.326 e. The third-order valence-corrected chi connectivity index (χ3v) is 3.58. The van der Waals surface area contributed by atoms with E-state index in [0.29, 0.717) is 13.1 Å². The lowest BCUT2D eigenvalue weighted by Gasteiger charge is -2.23. The van der Waals surface area contributed by atoms with Crippen molar-refractivity contribution in [3.05, 3.63) is 17.5 Å². The molecule has 7 nitrogen and oxygen atoms in total. The molecule has 0 spiro atoms. The van der Waals surface area contributed by atoms with E-state index in [-0.39, 0.29) is 11.9 Å². The van der Waals surface area contributed by atoms with Crippen molar-refractivity contribution < 1.29 is 14.7 Å². The molecule has 1 fully saturated rings. The van der Waals surface area contributed by atoms with Gasteiger partial charge >= 0.3 is 12.0 Å². The van der Waals surface area contributed by atoms with Gasteiger partial charge in [0, 0.05) is 24.3 Å². The van der Waals surface area contributed by atoms with Gasteiger partial charge in [-0.3, -0.25) is 5.10 Å². The van der Waals surface area contributed by atoms with E-state index in [1.807, 2.05) is 13.8 Å². The first-order chi connectivity index (χ1) is 9.00. The zero-order chi connectivity index (χ0) is 14.0. The Balaban J connectivity index is 1.96. The van der Waals surface area contributed by atoms with Crippen LogP contribution in [-0.2, 0) is 11.3 Å². The summed E-state index contributed by atoms with van der Waals surface area (Å²) in [5.74, 6) is -0.960. The minimum atomic E-state index is -0.945. The van der Waals surface area contributed by atoms with Crippen molar-refractivity contribution in [1.82, 2.24) is 20.4 Å². The molecule has 7 heteroatoms. The van der Waals surface area contributed by atoms with Gasteiger partial charge in [0.15, 0.2) is 0 Å². The van der Waals surface area contributed by atoms with E-state index in [4.69, 9.17) is 5.11 Å². The second kappa shape index (κ2) is 5.29. The van der Waals surface area contributed by atoms with Crippen LogP contribution in [0, 0.1) is 12.8 Å². The first-order valence-electron chi connectivity index (χ1n) is 6.27. The number of carbonyl (C=O) groups excluding carboxylic acids is 1.